The van der Waals surface area contributed by atoms with Crippen molar-refractivity contribution in [3.63, 3.8) is 0 Å². The van der Waals surface area contributed by atoms with Crippen molar-refractivity contribution in [2.24, 2.45) is 10.9 Å². The standard InChI is InChI=1S/C25H31ClN4O3S/c1-16(2)20-21(23(32)29-10-4-5-19(29)22(31)28-11-13-33-14-12-28)34-24-27-15-25(3,30(20)24)17-6-8-18(26)9-7-17/h6-9,16,19H,4-5,10-15H2,1-3H3/t19-,25-/m0/s1. The Morgan fingerprint density at radius 1 is 1.18 bits per heavy atom. The number of amidine groups is 1. The quantitative estimate of drug-likeness (QED) is 0.628. The van der Waals surface area contributed by atoms with Crippen LogP contribution in [0.1, 0.15) is 39.2 Å². The Labute approximate surface area is 210 Å². The number of allylic oxidation sites excluding steroid dienone is 1. The molecular weight excluding hydrogens is 472 g/mol. The maximum absolute atomic E-state index is 13.9. The van der Waals surface area contributed by atoms with Gasteiger partial charge in [0.25, 0.3) is 5.91 Å². The zero-order valence-electron chi connectivity index (χ0n) is 19.9. The number of hydrogen-bond acceptors (Lipinski definition) is 6. The first-order chi connectivity index (χ1) is 16.3. The Balaban J connectivity index is 1.46. The number of carbonyl (C=O) groups excluding carboxylic acids is 2. The van der Waals surface area contributed by atoms with Gasteiger partial charge < -0.3 is 19.4 Å². The van der Waals surface area contributed by atoms with Gasteiger partial charge in [-0.25, -0.2) is 0 Å². The molecule has 4 heterocycles. The SMILES string of the molecule is CC(C)C1=C(C(=O)N2CCC[C@H]2C(=O)N2CCOCC2)SC2=NC[C@@](C)(c3ccc(Cl)cc3)N21. The van der Waals surface area contributed by atoms with Crippen LogP contribution in [0, 0.1) is 5.92 Å². The fourth-order valence-electron chi connectivity index (χ4n) is 5.36. The van der Waals surface area contributed by atoms with Crippen LogP contribution in [-0.2, 0) is 19.9 Å². The number of halogens is 1. The summed E-state index contributed by atoms with van der Waals surface area (Å²) in [6.07, 6.45) is 1.55. The lowest BCUT2D eigenvalue weighted by atomic mass is 9.89. The molecule has 2 fully saturated rings. The average molecular weight is 503 g/mol. The number of fused-ring (bicyclic) bond motifs is 1. The molecule has 4 aliphatic heterocycles. The van der Waals surface area contributed by atoms with Gasteiger partial charge in [-0.2, -0.15) is 0 Å². The van der Waals surface area contributed by atoms with Crippen LogP contribution in [0.3, 0.4) is 0 Å². The average Bonchev–Trinajstić information content (AvgIpc) is 3.55. The van der Waals surface area contributed by atoms with Crippen LogP contribution in [0.2, 0.25) is 5.02 Å². The summed E-state index contributed by atoms with van der Waals surface area (Å²) in [5, 5.41) is 1.56. The molecule has 0 aromatic heterocycles. The van der Waals surface area contributed by atoms with E-state index in [9.17, 15) is 9.59 Å². The van der Waals surface area contributed by atoms with Crippen molar-refractivity contribution in [1.82, 2.24) is 14.7 Å². The first kappa shape index (κ1) is 23.7. The van der Waals surface area contributed by atoms with E-state index < -0.39 is 6.04 Å². The number of benzene rings is 1. The number of carbonyl (C=O) groups is 2. The Bertz CT molecular complexity index is 1050. The predicted molar refractivity (Wildman–Crippen MR) is 135 cm³/mol. The number of rotatable bonds is 4. The molecule has 0 bridgehead atoms. The van der Waals surface area contributed by atoms with Crippen LogP contribution in [0.4, 0.5) is 0 Å². The van der Waals surface area contributed by atoms with Gasteiger partial charge in [-0.05, 0) is 55.1 Å². The van der Waals surface area contributed by atoms with E-state index >= 15 is 0 Å². The zero-order valence-corrected chi connectivity index (χ0v) is 21.5. The topological polar surface area (TPSA) is 65.5 Å². The molecule has 1 aromatic rings. The minimum atomic E-state index is -0.396. The van der Waals surface area contributed by atoms with Gasteiger partial charge in [0.2, 0.25) is 5.91 Å². The Morgan fingerprint density at radius 2 is 1.88 bits per heavy atom. The van der Waals surface area contributed by atoms with Crippen LogP contribution < -0.4 is 0 Å². The molecule has 9 heteroatoms. The number of thioether (sulfide) groups is 1. The molecule has 2 saturated heterocycles. The molecule has 34 heavy (non-hydrogen) atoms. The molecule has 182 valence electrons. The van der Waals surface area contributed by atoms with Gasteiger partial charge in [-0.1, -0.05) is 37.6 Å². The molecule has 5 rings (SSSR count). The number of hydrogen-bond donors (Lipinski definition) is 0. The van der Waals surface area contributed by atoms with E-state index in [0.29, 0.717) is 55.7 Å². The largest absolute Gasteiger partial charge is 0.378 e. The number of ether oxygens (including phenoxy) is 1. The van der Waals surface area contributed by atoms with Crippen LogP contribution >= 0.6 is 23.4 Å². The lowest BCUT2D eigenvalue weighted by Crippen LogP contribution is -2.51. The Kier molecular flexibility index (Phi) is 6.42. The summed E-state index contributed by atoms with van der Waals surface area (Å²) in [7, 11) is 0. The van der Waals surface area contributed by atoms with Gasteiger partial charge in [0.05, 0.1) is 25.3 Å². The predicted octanol–water partition coefficient (Wildman–Crippen LogP) is 3.69. The van der Waals surface area contributed by atoms with Crippen LogP contribution in [-0.4, -0.2) is 77.1 Å². The maximum Gasteiger partial charge on any atom is 0.263 e. The molecule has 0 aliphatic carbocycles. The molecular formula is C25H31ClN4O3S. The van der Waals surface area contributed by atoms with Crippen molar-refractivity contribution in [1.29, 1.82) is 0 Å². The number of amides is 2. The lowest BCUT2D eigenvalue weighted by molar-refractivity contribution is -0.144. The summed E-state index contributed by atoms with van der Waals surface area (Å²) in [4.78, 5) is 38.6. The normalized spacial score (nSPS) is 27.0. The minimum Gasteiger partial charge on any atom is -0.378 e. The van der Waals surface area contributed by atoms with Crippen molar-refractivity contribution in [2.45, 2.75) is 45.2 Å². The molecule has 2 amide bonds. The second-order valence-corrected chi connectivity index (χ2v) is 11.2. The summed E-state index contributed by atoms with van der Waals surface area (Å²) >= 11 is 7.60. The smallest absolute Gasteiger partial charge is 0.263 e. The Morgan fingerprint density at radius 3 is 2.56 bits per heavy atom. The van der Waals surface area contributed by atoms with E-state index in [0.717, 1.165) is 22.8 Å². The van der Waals surface area contributed by atoms with Crippen molar-refractivity contribution in [2.75, 3.05) is 39.4 Å². The number of nitrogens with zero attached hydrogens (tertiary/aromatic N) is 4. The summed E-state index contributed by atoms with van der Waals surface area (Å²) < 4.78 is 5.40. The van der Waals surface area contributed by atoms with Crippen LogP contribution in [0.25, 0.3) is 0 Å². The third kappa shape index (κ3) is 3.93. The number of likely N-dealkylation sites (tertiary alicyclic amines) is 1. The maximum atomic E-state index is 13.9. The fraction of sp³-hybridized carbons (Fsp3) is 0.560. The molecule has 2 atom stereocenters. The molecule has 0 saturated carbocycles. The van der Waals surface area contributed by atoms with Crippen molar-refractivity contribution in [3.8, 4) is 0 Å². The second-order valence-electron chi connectivity index (χ2n) is 9.78. The third-order valence-corrected chi connectivity index (χ3v) is 8.54. The highest BCUT2D eigenvalue weighted by atomic mass is 35.5. The zero-order chi connectivity index (χ0) is 24.0. The summed E-state index contributed by atoms with van der Waals surface area (Å²) in [6, 6.07) is 7.49. The molecule has 1 aromatic carbocycles. The lowest BCUT2D eigenvalue weighted by Gasteiger charge is -2.38. The third-order valence-electron chi connectivity index (χ3n) is 7.20. The van der Waals surface area contributed by atoms with Gasteiger partial charge in [0, 0.05) is 30.4 Å². The molecule has 0 spiro atoms. The van der Waals surface area contributed by atoms with E-state index in [1.165, 1.54) is 11.8 Å². The van der Waals surface area contributed by atoms with E-state index in [2.05, 4.69) is 25.7 Å². The van der Waals surface area contributed by atoms with Crippen LogP contribution in [0.15, 0.2) is 39.9 Å². The van der Waals surface area contributed by atoms with E-state index in [4.69, 9.17) is 21.3 Å². The van der Waals surface area contributed by atoms with Gasteiger partial charge in [0.15, 0.2) is 5.17 Å². The van der Waals surface area contributed by atoms with E-state index in [1.54, 1.807) is 4.90 Å². The first-order valence-corrected chi connectivity index (χ1v) is 13.2. The van der Waals surface area contributed by atoms with Gasteiger partial charge in [-0.3, -0.25) is 14.6 Å². The molecule has 7 nitrogen and oxygen atoms in total. The highest BCUT2D eigenvalue weighted by Gasteiger charge is 2.50. The van der Waals surface area contributed by atoms with Gasteiger partial charge in [0.1, 0.15) is 10.9 Å². The molecule has 0 unspecified atom stereocenters. The fourth-order valence-corrected chi connectivity index (χ4v) is 6.83. The van der Waals surface area contributed by atoms with Crippen LogP contribution in [0.5, 0.6) is 0 Å². The van der Waals surface area contributed by atoms with Crippen molar-refractivity contribution in [3.05, 3.63) is 45.5 Å². The molecule has 4 aliphatic rings. The van der Waals surface area contributed by atoms with Crippen molar-refractivity contribution >= 4 is 40.3 Å². The number of aliphatic imine (C=N–C) groups is 1. The summed E-state index contributed by atoms with van der Waals surface area (Å²) in [5.74, 6) is 0.126. The molecule has 0 N–H and O–H groups in total. The Hall–Kier alpha value is -2.03. The highest BCUT2D eigenvalue weighted by Crippen LogP contribution is 2.50. The summed E-state index contributed by atoms with van der Waals surface area (Å²) in [6.45, 7) is 9.94. The van der Waals surface area contributed by atoms with E-state index in [1.807, 2.05) is 29.2 Å². The minimum absolute atomic E-state index is 0.0478. The van der Waals surface area contributed by atoms with Gasteiger partial charge in [-0.15, -0.1) is 0 Å². The van der Waals surface area contributed by atoms with Crippen molar-refractivity contribution < 1.29 is 14.3 Å². The van der Waals surface area contributed by atoms with Gasteiger partial charge >= 0.3 is 0 Å². The van der Waals surface area contributed by atoms with E-state index in [-0.39, 0.29) is 23.3 Å². The monoisotopic (exact) mass is 502 g/mol. The number of morpholine rings is 1. The second kappa shape index (κ2) is 9.21. The molecule has 0 radical (unpaired) electrons. The summed E-state index contributed by atoms with van der Waals surface area (Å²) in [5.41, 5.74) is 1.72. The first-order valence-electron chi connectivity index (χ1n) is 12.0. The highest BCUT2D eigenvalue weighted by molar-refractivity contribution is 8.18.